The number of fused-ring (bicyclic) bond motifs is 1. The summed E-state index contributed by atoms with van der Waals surface area (Å²) in [6.07, 6.45) is 1.29. The van der Waals surface area contributed by atoms with Gasteiger partial charge in [0.05, 0.1) is 25.7 Å². The van der Waals surface area contributed by atoms with Crippen molar-refractivity contribution in [1.82, 2.24) is 9.36 Å². The molecule has 1 aromatic heterocycles. The summed E-state index contributed by atoms with van der Waals surface area (Å²) in [4.78, 5) is 4.19. The zero-order chi connectivity index (χ0) is 29.1. The molecule has 0 bridgehead atoms. The van der Waals surface area contributed by atoms with Gasteiger partial charge in [0.2, 0.25) is 5.13 Å². The number of aromatic nitrogens is 2. The Bertz CT molecular complexity index is 1800. The minimum atomic E-state index is -4.13. The van der Waals surface area contributed by atoms with Crippen LogP contribution < -0.4 is 18.5 Å². The number of sulfonamides is 1. The first-order chi connectivity index (χ1) is 19.7. The van der Waals surface area contributed by atoms with Crippen molar-refractivity contribution in [2.75, 3.05) is 18.5 Å². The summed E-state index contributed by atoms with van der Waals surface area (Å²) < 4.78 is 75.2. The van der Waals surface area contributed by atoms with E-state index in [1.807, 2.05) is 0 Å². The number of anilines is 1. The number of alkyl halides is 2. The van der Waals surface area contributed by atoms with Crippen LogP contribution in [0.15, 0.2) is 84.0 Å². The van der Waals surface area contributed by atoms with Gasteiger partial charge in [-0.25, -0.2) is 17.7 Å². The van der Waals surface area contributed by atoms with Gasteiger partial charge in [-0.3, -0.25) is 0 Å². The van der Waals surface area contributed by atoms with Crippen LogP contribution in [0.2, 0.25) is 0 Å². The van der Waals surface area contributed by atoms with Crippen molar-refractivity contribution in [2.24, 2.45) is 0 Å². The molecule has 0 unspecified atom stereocenters. The molecular weight excluding hydrogens is 572 g/mol. The van der Waals surface area contributed by atoms with Crippen LogP contribution in [0, 0.1) is 6.92 Å². The lowest BCUT2D eigenvalue weighted by atomic mass is 9.97. The lowest BCUT2D eigenvalue weighted by Gasteiger charge is -2.23. The van der Waals surface area contributed by atoms with Crippen LogP contribution in [0.5, 0.6) is 17.2 Å². The molecule has 0 aliphatic carbocycles. The number of aryl methyl sites for hydroxylation is 1. The van der Waals surface area contributed by atoms with E-state index in [2.05, 4.69) is 9.36 Å². The highest BCUT2D eigenvalue weighted by Gasteiger charge is 2.29. The molecule has 4 aromatic carbocycles. The first-order valence-electron chi connectivity index (χ1n) is 12.3. The smallest absolute Gasteiger partial charge is 0.387 e. The van der Waals surface area contributed by atoms with Gasteiger partial charge in [0.15, 0.2) is 0 Å². The monoisotopic (exact) mass is 597 g/mol. The average Bonchev–Trinajstić information content (AvgIpc) is 3.49. The number of hydrogen-bond acceptors (Lipinski definition) is 8. The quantitative estimate of drug-likeness (QED) is 0.177. The maximum Gasteiger partial charge on any atom is 0.387 e. The summed E-state index contributed by atoms with van der Waals surface area (Å²) >= 11 is 0.949. The van der Waals surface area contributed by atoms with E-state index in [-0.39, 0.29) is 22.3 Å². The first-order valence-corrected chi connectivity index (χ1v) is 14.5. The summed E-state index contributed by atoms with van der Waals surface area (Å²) in [6, 6.07) is 20.2. The van der Waals surface area contributed by atoms with Gasteiger partial charge in [-0.05, 0) is 59.2 Å². The van der Waals surface area contributed by atoms with Gasteiger partial charge >= 0.3 is 6.61 Å². The third kappa shape index (κ3) is 5.79. The van der Waals surface area contributed by atoms with Crippen LogP contribution in [-0.2, 0) is 16.6 Å². The molecule has 12 heteroatoms. The zero-order valence-electron chi connectivity index (χ0n) is 22.2. The Kier molecular flexibility index (Phi) is 8.04. The number of benzene rings is 4. The highest BCUT2D eigenvalue weighted by Crippen LogP contribution is 2.38. The molecule has 0 atom stereocenters. The molecule has 41 heavy (non-hydrogen) atoms. The Morgan fingerprint density at radius 3 is 2.46 bits per heavy atom. The number of ether oxygens (including phenoxy) is 3. The second-order valence-electron chi connectivity index (χ2n) is 8.98. The number of hydrogen-bond donors (Lipinski definition) is 0. The van der Waals surface area contributed by atoms with Gasteiger partial charge in [0.1, 0.15) is 23.6 Å². The van der Waals surface area contributed by atoms with Gasteiger partial charge in [-0.2, -0.15) is 13.2 Å². The Morgan fingerprint density at radius 2 is 1.76 bits per heavy atom. The third-order valence-corrected chi connectivity index (χ3v) is 8.99. The fourth-order valence-corrected chi connectivity index (χ4v) is 6.66. The molecule has 5 rings (SSSR count). The van der Waals surface area contributed by atoms with Crippen LogP contribution in [-0.4, -0.2) is 38.6 Å². The summed E-state index contributed by atoms with van der Waals surface area (Å²) in [5, 5.41) is 1.46. The first kappa shape index (κ1) is 28.2. The third-order valence-electron chi connectivity index (χ3n) is 6.45. The van der Waals surface area contributed by atoms with E-state index < -0.39 is 16.6 Å². The number of methoxy groups -OCH3 is 2. The molecule has 8 nitrogen and oxygen atoms in total. The van der Waals surface area contributed by atoms with Crippen molar-refractivity contribution in [2.45, 2.75) is 25.0 Å². The fourth-order valence-electron chi connectivity index (χ4n) is 4.50. The minimum Gasteiger partial charge on any atom is -0.497 e. The van der Waals surface area contributed by atoms with Crippen molar-refractivity contribution in [3.8, 4) is 28.4 Å². The molecule has 212 valence electrons. The lowest BCUT2D eigenvalue weighted by Crippen LogP contribution is -2.30. The molecule has 0 aliphatic rings. The molecule has 0 N–H and O–H groups in total. The van der Waals surface area contributed by atoms with Gasteiger partial charge < -0.3 is 14.2 Å². The molecular formula is C29H25F2N3O5S2. The molecule has 5 aromatic rings. The molecule has 0 amide bonds. The van der Waals surface area contributed by atoms with E-state index >= 15 is 0 Å². The minimum absolute atomic E-state index is 0.0257. The SMILES string of the molecule is COc1ccc(CN(c2ncns2)S(=O)(=O)c2ccc3c(-c4ccc(C)cc4OC(F)F)cccc3c2)c(OC)c1. The Labute approximate surface area is 240 Å². The summed E-state index contributed by atoms with van der Waals surface area (Å²) in [5.74, 6) is 1.06. The zero-order valence-corrected chi connectivity index (χ0v) is 23.9. The summed E-state index contributed by atoms with van der Waals surface area (Å²) in [5.41, 5.74) is 2.47. The van der Waals surface area contributed by atoms with Crippen LogP contribution in [0.25, 0.3) is 21.9 Å². The van der Waals surface area contributed by atoms with Crippen molar-refractivity contribution in [1.29, 1.82) is 0 Å². The molecule has 1 heterocycles. The predicted molar refractivity (Wildman–Crippen MR) is 154 cm³/mol. The van der Waals surface area contributed by atoms with Crippen LogP contribution in [0.3, 0.4) is 0 Å². The second kappa shape index (κ2) is 11.7. The summed E-state index contributed by atoms with van der Waals surface area (Å²) in [6.45, 7) is -1.27. The largest absolute Gasteiger partial charge is 0.497 e. The predicted octanol–water partition coefficient (Wildman–Crippen LogP) is 6.68. The van der Waals surface area contributed by atoms with E-state index in [0.29, 0.717) is 39.0 Å². The van der Waals surface area contributed by atoms with Crippen molar-refractivity contribution in [3.63, 3.8) is 0 Å². The molecule has 0 saturated heterocycles. The maximum atomic E-state index is 14.1. The van der Waals surface area contributed by atoms with Gasteiger partial charge in [0, 0.05) is 28.7 Å². The summed E-state index contributed by atoms with van der Waals surface area (Å²) in [7, 11) is -1.11. The molecule has 0 fully saturated rings. The Hall–Kier alpha value is -4.29. The molecule has 0 radical (unpaired) electrons. The lowest BCUT2D eigenvalue weighted by molar-refractivity contribution is -0.0494. The van der Waals surface area contributed by atoms with Gasteiger partial charge in [0.25, 0.3) is 10.0 Å². The van der Waals surface area contributed by atoms with E-state index in [4.69, 9.17) is 14.2 Å². The number of nitrogens with zero attached hydrogens (tertiary/aromatic N) is 3. The average molecular weight is 598 g/mol. The van der Waals surface area contributed by atoms with Crippen molar-refractivity contribution in [3.05, 3.63) is 90.3 Å². The van der Waals surface area contributed by atoms with Crippen molar-refractivity contribution < 1.29 is 31.4 Å². The van der Waals surface area contributed by atoms with Crippen LogP contribution in [0.4, 0.5) is 13.9 Å². The van der Waals surface area contributed by atoms with Crippen LogP contribution in [0.1, 0.15) is 11.1 Å². The molecule has 0 aliphatic heterocycles. The second-order valence-corrected chi connectivity index (χ2v) is 11.6. The normalized spacial score (nSPS) is 11.6. The maximum absolute atomic E-state index is 14.1. The van der Waals surface area contributed by atoms with E-state index in [9.17, 15) is 17.2 Å². The Balaban J connectivity index is 1.58. The highest BCUT2D eigenvalue weighted by molar-refractivity contribution is 7.93. The van der Waals surface area contributed by atoms with E-state index in [1.54, 1.807) is 73.7 Å². The number of halogens is 2. The standard InChI is InChI=1S/C29H25F2N3O5S2/c1-18-7-11-25(27(13-18)39-28(30)31)24-6-4-5-19-14-22(10-12-23(19)24)41(35,36)34(29-32-17-33-40-29)16-20-8-9-21(37-2)15-26(20)38-3/h4-15,17,28H,16H2,1-3H3. The highest BCUT2D eigenvalue weighted by atomic mass is 32.2. The van der Waals surface area contributed by atoms with Gasteiger partial charge in [-0.1, -0.05) is 36.4 Å². The fraction of sp³-hybridized carbons (Fsp3) is 0.172. The van der Waals surface area contributed by atoms with Crippen molar-refractivity contribution >= 4 is 37.5 Å². The van der Waals surface area contributed by atoms with E-state index in [1.165, 1.54) is 30.9 Å². The topological polar surface area (TPSA) is 90.9 Å². The van der Waals surface area contributed by atoms with Crippen LogP contribution >= 0.6 is 11.5 Å². The molecule has 0 saturated carbocycles. The van der Waals surface area contributed by atoms with E-state index in [0.717, 1.165) is 17.1 Å². The molecule has 0 spiro atoms. The Morgan fingerprint density at radius 1 is 0.927 bits per heavy atom. The van der Waals surface area contributed by atoms with Gasteiger partial charge in [-0.15, -0.1) is 0 Å². The number of rotatable bonds is 10.